The van der Waals surface area contributed by atoms with Crippen LogP contribution in [0.15, 0.2) is 47.1 Å². The van der Waals surface area contributed by atoms with Gasteiger partial charge in [-0.1, -0.05) is 11.6 Å². The Bertz CT molecular complexity index is 564. The normalized spacial score (nSPS) is 9.95. The molecular weight excluding hydrogens is 268 g/mol. The number of benzene rings is 1. The highest BCUT2D eigenvalue weighted by atomic mass is 35.5. The summed E-state index contributed by atoms with van der Waals surface area (Å²) in [4.78, 5) is 11.5. The molecule has 0 saturated carbocycles. The monoisotopic (exact) mass is 278 g/mol. The highest BCUT2D eigenvalue weighted by Crippen LogP contribution is 2.13. The Balaban J connectivity index is 1.82. The summed E-state index contributed by atoms with van der Waals surface area (Å²) in [7, 11) is 0. The third-order valence-corrected chi connectivity index (χ3v) is 2.51. The van der Waals surface area contributed by atoms with Crippen molar-refractivity contribution in [2.75, 3.05) is 11.9 Å². The molecule has 0 aliphatic rings. The number of anilines is 1. The van der Waals surface area contributed by atoms with Crippen molar-refractivity contribution >= 4 is 29.1 Å². The molecule has 2 N–H and O–H groups in total. The molecule has 2 rings (SSSR count). The number of carbonyl (C=O) groups is 1. The minimum Gasteiger partial charge on any atom is -0.463 e. The molecule has 1 aromatic carbocycles. The predicted molar refractivity (Wildman–Crippen MR) is 72.0 cm³/mol. The maximum Gasteiger partial charge on any atom is 0.412 e. The van der Waals surface area contributed by atoms with Gasteiger partial charge in [-0.15, -0.1) is 0 Å². The van der Waals surface area contributed by atoms with Crippen molar-refractivity contribution in [1.82, 2.24) is 0 Å². The van der Waals surface area contributed by atoms with Gasteiger partial charge in [-0.25, -0.2) is 4.79 Å². The van der Waals surface area contributed by atoms with Crippen LogP contribution >= 0.6 is 11.6 Å². The smallest absolute Gasteiger partial charge is 0.412 e. The number of hydrogen-bond acceptors (Lipinski definition) is 4. The van der Waals surface area contributed by atoms with Crippen LogP contribution in [0, 0.1) is 5.41 Å². The zero-order valence-corrected chi connectivity index (χ0v) is 10.6. The van der Waals surface area contributed by atoms with Crippen LogP contribution in [0.25, 0.3) is 0 Å². The van der Waals surface area contributed by atoms with Crippen LogP contribution in [-0.2, 0) is 4.74 Å². The van der Waals surface area contributed by atoms with Crippen molar-refractivity contribution in [2.45, 2.75) is 0 Å². The first-order valence-corrected chi connectivity index (χ1v) is 5.83. The number of furan rings is 1. The molecule has 0 radical (unpaired) electrons. The third kappa shape index (κ3) is 3.86. The van der Waals surface area contributed by atoms with Crippen LogP contribution in [0.4, 0.5) is 10.5 Å². The second-order valence-corrected chi connectivity index (χ2v) is 4.10. The molecule has 1 amide bonds. The fourth-order valence-electron chi connectivity index (χ4n) is 1.35. The van der Waals surface area contributed by atoms with E-state index < -0.39 is 6.09 Å². The molecule has 0 fully saturated rings. The van der Waals surface area contributed by atoms with E-state index in [0.29, 0.717) is 16.5 Å². The van der Waals surface area contributed by atoms with Gasteiger partial charge in [-0.3, -0.25) is 10.7 Å². The number of hydrogen-bond donors (Lipinski definition) is 2. The molecule has 2 aromatic rings. The van der Waals surface area contributed by atoms with Crippen molar-refractivity contribution in [1.29, 1.82) is 5.41 Å². The molecule has 98 valence electrons. The Morgan fingerprint density at radius 1 is 1.32 bits per heavy atom. The van der Waals surface area contributed by atoms with Crippen LogP contribution in [0.1, 0.15) is 5.76 Å². The second kappa shape index (κ2) is 6.06. The standard InChI is InChI=1S/C13H11ClN2O3/c14-9-3-5-10(6-4-9)16-13(17)19-8-11(15)12-2-1-7-18-12/h1-7,15H,8H2,(H,16,17). The number of carbonyl (C=O) groups excluding carboxylic acids is 1. The van der Waals surface area contributed by atoms with E-state index >= 15 is 0 Å². The SMILES string of the molecule is N=C(COC(=O)Nc1ccc(Cl)cc1)c1ccco1. The van der Waals surface area contributed by atoms with Gasteiger partial charge >= 0.3 is 6.09 Å². The lowest BCUT2D eigenvalue weighted by Crippen LogP contribution is -2.18. The quantitative estimate of drug-likeness (QED) is 0.840. The first-order valence-electron chi connectivity index (χ1n) is 5.46. The van der Waals surface area contributed by atoms with Gasteiger partial charge in [0.05, 0.1) is 6.26 Å². The molecule has 0 saturated heterocycles. The van der Waals surface area contributed by atoms with Crippen molar-refractivity contribution in [3.63, 3.8) is 0 Å². The molecule has 0 aliphatic heterocycles. The summed E-state index contributed by atoms with van der Waals surface area (Å²) in [6.45, 7) is -0.160. The van der Waals surface area contributed by atoms with E-state index in [2.05, 4.69) is 5.32 Å². The molecule has 1 heterocycles. The molecule has 0 bridgehead atoms. The summed E-state index contributed by atoms with van der Waals surface area (Å²) < 4.78 is 9.90. The van der Waals surface area contributed by atoms with E-state index in [9.17, 15) is 4.79 Å². The molecule has 0 unspecified atom stereocenters. The van der Waals surface area contributed by atoms with Gasteiger partial charge in [-0.05, 0) is 36.4 Å². The summed E-state index contributed by atoms with van der Waals surface area (Å²) in [6.07, 6.45) is 0.816. The van der Waals surface area contributed by atoms with Gasteiger partial charge in [0, 0.05) is 10.7 Å². The Morgan fingerprint density at radius 3 is 2.68 bits per heavy atom. The fraction of sp³-hybridized carbons (Fsp3) is 0.0769. The average Bonchev–Trinajstić information content (AvgIpc) is 2.93. The first-order chi connectivity index (χ1) is 9.15. The van der Waals surface area contributed by atoms with Crippen molar-refractivity contribution < 1.29 is 13.9 Å². The lowest BCUT2D eigenvalue weighted by molar-refractivity contribution is 0.177. The van der Waals surface area contributed by atoms with Gasteiger partial charge in [0.15, 0.2) is 5.76 Å². The van der Waals surface area contributed by atoms with Gasteiger partial charge in [0.1, 0.15) is 12.3 Å². The third-order valence-electron chi connectivity index (χ3n) is 2.26. The first kappa shape index (κ1) is 13.2. The van der Waals surface area contributed by atoms with Crippen molar-refractivity contribution in [3.05, 3.63) is 53.4 Å². The number of nitrogens with one attached hydrogen (secondary N) is 2. The Morgan fingerprint density at radius 2 is 2.05 bits per heavy atom. The summed E-state index contributed by atoms with van der Waals surface area (Å²) in [5.74, 6) is 0.374. The lowest BCUT2D eigenvalue weighted by Gasteiger charge is -2.06. The van der Waals surface area contributed by atoms with E-state index in [4.69, 9.17) is 26.2 Å². The summed E-state index contributed by atoms with van der Waals surface area (Å²) in [6, 6.07) is 9.91. The predicted octanol–water partition coefficient (Wildman–Crippen LogP) is 3.55. The number of rotatable bonds is 4. The van der Waals surface area contributed by atoms with Crippen LogP contribution < -0.4 is 5.32 Å². The molecular formula is C13H11ClN2O3. The number of amides is 1. The van der Waals surface area contributed by atoms with Gasteiger partial charge in [0.25, 0.3) is 0 Å². The zero-order chi connectivity index (χ0) is 13.7. The highest BCUT2D eigenvalue weighted by Gasteiger charge is 2.08. The summed E-state index contributed by atoms with van der Waals surface area (Å²) >= 11 is 5.73. The maximum absolute atomic E-state index is 11.5. The van der Waals surface area contributed by atoms with E-state index in [-0.39, 0.29) is 12.3 Å². The van der Waals surface area contributed by atoms with E-state index in [1.165, 1.54) is 6.26 Å². The minimum atomic E-state index is -0.640. The largest absolute Gasteiger partial charge is 0.463 e. The Labute approximate surface area is 114 Å². The van der Waals surface area contributed by atoms with Gasteiger partial charge in [0.2, 0.25) is 0 Å². The highest BCUT2D eigenvalue weighted by molar-refractivity contribution is 6.30. The topological polar surface area (TPSA) is 75.3 Å². The molecule has 5 nitrogen and oxygen atoms in total. The van der Waals surface area contributed by atoms with Crippen molar-refractivity contribution in [3.8, 4) is 0 Å². The maximum atomic E-state index is 11.5. The second-order valence-electron chi connectivity index (χ2n) is 3.66. The molecule has 0 atom stereocenters. The van der Waals surface area contributed by atoms with E-state index in [1.54, 1.807) is 36.4 Å². The fourth-order valence-corrected chi connectivity index (χ4v) is 1.47. The van der Waals surface area contributed by atoms with Gasteiger partial charge < -0.3 is 9.15 Å². The van der Waals surface area contributed by atoms with Crippen LogP contribution in [-0.4, -0.2) is 18.4 Å². The summed E-state index contributed by atoms with van der Waals surface area (Å²) in [5.41, 5.74) is 0.662. The van der Waals surface area contributed by atoms with Crippen LogP contribution in [0.5, 0.6) is 0 Å². The molecule has 0 spiro atoms. The van der Waals surface area contributed by atoms with Crippen molar-refractivity contribution in [2.24, 2.45) is 0 Å². The molecule has 6 heteroatoms. The number of halogens is 1. The van der Waals surface area contributed by atoms with E-state index in [0.717, 1.165) is 0 Å². The van der Waals surface area contributed by atoms with Gasteiger partial charge in [-0.2, -0.15) is 0 Å². The van der Waals surface area contributed by atoms with E-state index in [1.807, 2.05) is 0 Å². The average molecular weight is 279 g/mol. The molecule has 0 aliphatic carbocycles. The lowest BCUT2D eigenvalue weighted by atomic mass is 10.3. The molecule has 19 heavy (non-hydrogen) atoms. The van der Waals surface area contributed by atoms with Crippen LogP contribution in [0.2, 0.25) is 5.02 Å². The zero-order valence-electron chi connectivity index (χ0n) is 9.85. The Hall–Kier alpha value is -2.27. The summed E-state index contributed by atoms with van der Waals surface area (Å²) in [5, 5.41) is 10.7. The number of ether oxygens (including phenoxy) is 1. The Kier molecular flexibility index (Phi) is 4.20. The van der Waals surface area contributed by atoms with Crippen LogP contribution in [0.3, 0.4) is 0 Å². The minimum absolute atomic E-state index is 0.0938. The molecule has 1 aromatic heterocycles.